The van der Waals surface area contributed by atoms with Crippen LogP contribution in [0.15, 0.2) is 40.9 Å². The minimum atomic E-state index is -0.252. The smallest absolute Gasteiger partial charge is 0.259 e. The molecule has 0 spiro atoms. The van der Waals surface area contributed by atoms with Gasteiger partial charge in [0, 0.05) is 16.2 Å². The topological polar surface area (TPSA) is 56.8 Å². The normalized spacial score (nSPS) is 10.5. The van der Waals surface area contributed by atoms with E-state index in [1.807, 2.05) is 6.07 Å². The lowest BCUT2D eigenvalue weighted by atomic mass is 10.1. The summed E-state index contributed by atoms with van der Waals surface area (Å²) in [4.78, 5) is 12.8. The standard InChI is InChI=1S/C20H24BrNO4/c1-13(2)9-10-26-17-7-5-14(21)11-16(17)20(23)22-15-6-8-18(24-3)19(12-15)25-4/h5-8,11-13H,9-10H2,1-4H3,(H,22,23). The highest BCUT2D eigenvalue weighted by atomic mass is 79.9. The molecule has 2 aromatic rings. The summed E-state index contributed by atoms with van der Waals surface area (Å²) in [7, 11) is 3.12. The maximum atomic E-state index is 12.8. The van der Waals surface area contributed by atoms with Crippen LogP contribution in [-0.4, -0.2) is 26.7 Å². The van der Waals surface area contributed by atoms with E-state index in [2.05, 4.69) is 35.1 Å². The van der Waals surface area contributed by atoms with E-state index in [9.17, 15) is 4.79 Å². The second-order valence-corrected chi connectivity index (χ2v) is 7.11. The lowest BCUT2D eigenvalue weighted by Gasteiger charge is -2.14. The van der Waals surface area contributed by atoms with Gasteiger partial charge in [0.1, 0.15) is 5.75 Å². The summed E-state index contributed by atoms with van der Waals surface area (Å²) in [5, 5.41) is 2.88. The fourth-order valence-corrected chi connectivity index (χ4v) is 2.68. The summed E-state index contributed by atoms with van der Waals surface area (Å²) in [6, 6.07) is 10.6. The Morgan fingerprint density at radius 1 is 1.04 bits per heavy atom. The lowest BCUT2D eigenvalue weighted by Crippen LogP contribution is -2.14. The fourth-order valence-electron chi connectivity index (χ4n) is 2.32. The summed E-state index contributed by atoms with van der Waals surface area (Å²) < 4.78 is 17.1. The van der Waals surface area contributed by atoms with Gasteiger partial charge < -0.3 is 19.5 Å². The van der Waals surface area contributed by atoms with E-state index in [1.54, 1.807) is 44.6 Å². The molecular formula is C20H24BrNO4. The van der Waals surface area contributed by atoms with Crippen LogP contribution in [-0.2, 0) is 0 Å². The zero-order valence-corrected chi connectivity index (χ0v) is 17.1. The predicted octanol–water partition coefficient (Wildman–Crippen LogP) is 5.14. The molecule has 0 aliphatic heterocycles. The molecule has 0 atom stereocenters. The predicted molar refractivity (Wildman–Crippen MR) is 107 cm³/mol. The van der Waals surface area contributed by atoms with Gasteiger partial charge in [0.15, 0.2) is 11.5 Å². The molecule has 6 heteroatoms. The fraction of sp³-hybridized carbons (Fsp3) is 0.350. The van der Waals surface area contributed by atoms with Gasteiger partial charge >= 0.3 is 0 Å². The number of methoxy groups -OCH3 is 2. The molecule has 140 valence electrons. The molecule has 26 heavy (non-hydrogen) atoms. The summed E-state index contributed by atoms with van der Waals surface area (Å²) in [6.45, 7) is 4.83. The van der Waals surface area contributed by atoms with Crippen LogP contribution in [0.4, 0.5) is 5.69 Å². The molecule has 0 unspecified atom stereocenters. The minimum Gasteiger partial charge on any atom is -0.493 e. The van der Waals surface area contributed by atoms with Crippen molar-refractivity contribution in [2.75, 3.05) is 26.1 Å². The van der Waals surface area contributed by atoms with Gasteiger partial charge in [-0.05, 0) is 42.7 Å². The van der Waals surface area contributed by atoms with Gasteiger partial charge in [0.25, 0.3) is 5.91 Å². The molecule has 1 amide bonds. The van der Waals surface area contributed by atoms with E-state index in [0.29, 0.717) is 41.0 Å². The third kappa shape index (κ3) is 5.39. The van der Waals surface area contributed by atoms with Crippen molar-refractivity contribution in [3.05, 3.63) is 46.4 Å². The van der Waals surface area contributed by atoms with Crippen LogP contribution in [0.25, 0.3) is 0 Å². The number of amides is 1. The first kappa shape index (κ1) is 20.1. The van der Waals surface area contributed by atoms with Crippen molar-refractivity contribution in [2.45, 2.75) is 20.3 Å². The van der Waals surface area contributed by atoms with Gasteiger partial charge in [-0.2, -0.15) is 0 Å². The molecule has 1 N–H and O–H groups in total. The minimum absolute atomic E-state index is 0.252. The van der Waals surface area contributed by atoms with Crippen LogP contribution in [0, 0.1) is 5.92 Å². The van der Waals surface area contributed by atoms with Gasteiger partial charge in [0.2, 0.25) is 0 Å². The Kier molecular flexibility index (Phi) is 7.33. The van der Waals surface area contributed by atoms with Crippen LogP contribution in [0.1, 0.15) is 30.6 Å². The number of benzene rings is 2. The van der Waals surface area contributed by atoms with Crippen molar-refractivity contribution in [1.29, 1.82) is 0 Å². The summed E-state index contributed by atoms with van der Waals surface area (Å²) >= 11 is 3.41. The van der Waals surface area contributed by atoms with Crippen LogP contribution in [0.5, 0.6) is 17.2 Å². The van der Waals surface area contributed by atoms with Crippen LogP contribution in [0.3, 0.4) is 0 Å². The van der Waals surface area contributed by atoms with E-state index in [-0.39, 0.29) is 5.91 Å². The van der Waals surface area contributed by atoms with E-state index < -0.39 is 0 Å². The number of rotatable bonds is 8. The van der Waals surface area contributed by atoms with Gasteiger partial charge in [-0.15, -0.1) is 0 Å². The highest BCUT2D eigenvalue weighted by Gasteiger charge is 2.15. The van der Waals surface area contributed by atoms with Crippen LogP contribution in [0.2, 0.25) is 0 Å². The van der Waals surface area contributed by atoms with Crippen molar-refractivity contribution in [3.63, 3.8) is 0 Å². The Labute approximate surface area is 162 Å². The number of hydrogen-bond donors (Lipinski definition) is 1. The zero-order valence-electron chi connectivity index (χ0n) is 15.5. The maximum absolute atomic E-state index is 12.8. The second-order valence-electron chi connectivity index (χ2n) is 6.20. The highest BCUT2D eigenvalue weighted by molar-refractivity contribution is 9.10. The summed E-state index contributed by atoms with van der Waals surface area (Å²) in [6.07, 6.45) is 0.923. The molecule has 5 nitrogen and oxygen atoms in total. The average molecular weight is 422 g/mol. The van der Waals surface area contributed by atoms with E-state index in [4.69, 9.17) is 14.2 Å². The van der Waals surface area contributed by atoms with Crippen LogP contribution < -0.4 is 19.5 Å². The Balaban J connectivity index is 2.19. The molecule has 0 heterocycles. The SMILES string of the molecule is COc1ccc(NC(=O)c2cc(Br)ccc2OCCC(C)C)cc1OC. The number of anilines is 1. The highest BCUT2D eigenvalue weighted by Crippen LogP contribution is 2.31. The molecule has 0 aliphatic rings. The quantitative estimate of drug-likeness (QED) is 0.640. The van der Waals surface area contributed by atoms with Crippen molar-refractivity contribution >= 4 is 27.5 Å². The lowest BCUT2D eigenvalue weighted by molar-refractivity contribution is 0.102. The average Bonchev–Trinajstić information content (AvgIpc) is 2.62. The molecule has 0 radical (unpaired) electrons. The molecular weight excluding hydrogens is 398 g/mol. The van der Waals surface area contributed by atoms with E-state index >= 15 is 0 Å². The van der Waals surface area contributed by atoms with Crippen molar-refractivity contribution in [3.8, 4) is 17.2 Å². The van der Waals surface area contributed by atoms with Crippen LogP contribution >= 0.6 is 15.9 Å². The molecule has 0 fully saturated rings. The molecule has 0 saturated carbocycles. The van der Waals surface area contributed by atoms with Gasteiger partial charge in [0.05, 0.1) is 26.4 Å². The zero-order chi connectivity index (χ0) is 19.1. The Bertz CT molecular complexity index is 761. The largest absolute Gasteiger partial charge is 0.493 e. The maximum Gasteiger partial charge on any atom is 0.259 e. The number of ether oxygens (including phenoxy) is 3. The third-order valence-corrected chi connectivity index (χ3v) is 4.27. The Morgan fingerprint density at radius 2 is 1.73 bits per heavy atom. The first-order valence-electron chi connectivity index (χ1n) is 8.40. The van der Waals surface area contributed by atoms with E-state index in [0.717, 1.165) is 10.9 Å². The Hall–Kier alpha value is -2.21. The number of carbonyl (C=O) groups is 1. The monoisotopic (exact) mass is 421 g/mol. The third-order valence-electron chi connectivity index (χ3n) is 3.78. The molecule has 0 aromatic heterocycles. The van der Waals surface area contributed by atoms with Gasteiger partial charge in [-0.1, -0.05) is 29.8 Å². The first-order chi connectivity index (χ1) is 12.4. The van der Waals surface area contributed by atoms with Gasteiger partial charge in [-0.25, -0.2) is 0 Å². The van der Waals surface area contributed by atoms with Crippen molar-refractivity contribution < 1.29 is 19.0 Å². The van der Waals surface area contributed by atoms with Crippen molar-refractivity contribution in [2.24, 2.45) is 5.92 Å². The summed E-state index contributed by atoms with van der Waals surface area (Å²) in [5.74, 6) is 2.00. The number of nitrogens with one attached hydrogen (secondary N) is 1. The molecule has 2 aromatic carbocycles. The van der Waals surface area contributed by atoms with E-state index in [1.165, 1.54) is 0 Å². The number of carbonyl (C=O) groups excluding carboxylic acids is 1. The molecule has 0 aliphatic carbocycles. The molecule has 0 saturated heterocycles. The summed E-state index contributed by atoms with van der Waals surface area (Å²) in [5.41, 5.74) is 1.08. The number of hydrogen-bond acceptors (Lipinski definition) is 4. The second kappa shape index (κ2) is 9.48. The first-order valence-corrected chi connectivity index (χ1v) is 9.19. The Morgan fingerprint density at radius 3 is 2.38 bits per heavy atom. The van der Waals surface area contributed by atoms with Crippen molar-refractivity contribution in [1.82, 2.24) is 0 Å². The molecule has 0 bridgehead atoms. The van der Waals surface area contributed by atoms with Gasteiger partial charge in [-0.3, -0.25) is 4.79 Å². The number of halogens is 1. The molecule has 2 rings (SSSR count).